The van der Waals surface area contributed by atoms with E-state index in [0.717, 1.165) is 30.5 Å². The molecule has 2 aromatic heterocycles. The Morgan fingerprint density at radius 1 is 1.18 bits per heavy atom. The van der Waals surface area contributed by atoms with Crippen molar-refractivity contribution in [2.24, 2.45) is 0 Å². The molecular formula is C22H25N3O2S. The highest BCUT2D eigenvalue weighted by Gasteiger charge is 2.29. The molecule has 0 bridgehead atoms. The van der Waals surface area contributed by atoms with Gasteiger partial charge >= 0.3 is 0 Å². The normalized spacial score (nSPS) is 17.7. The second kappa shape index (κ2) is 7.51. The summed E-state index contributed by atoms with van der Waals surface area (Å²) in [4.78, 5) is 14.9. The fourth-order valence-electron chi connectivity index (χ4n) is 3.56. The van der Waals surface area contributed by atoms with Gasteiger partial charge < -0.3 is 9.32 Å². The van der Waals surface area contributed by atoms with E-state index in [1.807, 2.05) is 33.9 Å². The van der Waals surface area contributed by atoms with Crippen LogP contribution in [0.25, 0.3) is 11.5 Å². The smallest absolute Gasteiger partial charge is 0.253 e. The summed E-state index contributed by atoms with van der Waals surface area (Å²) < 4.78 is 5.90. The average Bonchev–Trinajstić information content (AvgIpc) is 3.38. The van der Waals surface area contributed by atoms with Gasteiger partial charge in [0.05, 0.1) is 5.92 Å². The van der Waals surface area contributed by atoms with E-state index in [9.17, 15) is 4.79 Å². The second-order valence-corrected chi connectivity index (χ2v) is 9.16. The molecule has 1 unspecified atom stereocenters. The van der Waals surface area contributed by atoms with Crippen LogP contribution < -0.4 is 0 Å². The van der Waals surface area contributed by atoms with Gasteiger partial charge in [0.1, 0.15) is 0 Å². The summed E-state index contributed by atoms with van der Waals surface area (Å²) in [7, 11) is 0. The van der Waals surface area contributed by atoms with E-state index in [4.69, 9.17) is 4.42 Å². The van der Waals surface area contributed by atoms with Crippen LogP contribution in [0.15, 0.2) is 45.5 Å². The Morgan fingerprint density at radius 2 is 1.96 bits per heavy atom. The first kappa shape index (κ1) is 18.9. The monoisotopic (exact) mass is 395 g/mol. The van der Waals surface area contributed by atoms with Crippen LogP contribution in [0.4, 0.5) is 0 Å². The molecule has 1 amide bonds. The van der Waals surface area contributed by atoms with E-state index in [0.29, 0.717) is 18.3 Å². The molecule has 0 saturated carbocycles. The molecule has 28 heavy (non-hydrogen) atoms. The lowest BCUT2D eigenvalue weighted by Gasteiger charge is -2.31. The van der Waals surface area contributed by atoms with E-state index in [1.165, 1.54) is 5.56 Å². The van der Waals surface area contributed by atoms with Gasteiger partial charge in [0, 0.05) is 29.6 Å². The summed E-state index contributed by atoms with van der Waals surface area (Å²) in [5.74, 6) is 1.34. The van der Waals surface area contributed by atoms with Gasteiger partial charge in [-0.15, -0.1) is 10.2 Å². The fraction of sp³-hybridized carbons (Fsp3) is 0.409. The molecule has 1 aliphatic heterocycles. The van der Waals surface area contributed by atoms with Crippen LogP contribution >= 0.6 is 11.3 Å². The van der Waals surface area contributed by atoms with Gasteiger partial charge in [-0.25, -0.2) is 0 Å². The maximum absolute atomic E-state index is 13.0. The van der Waals surface area contributed by atoms with Crippen molar-refractivity contribution in [2.75, 3.05) is 13.1 Å². The molecule has 3 aromatic rings. The predicted molar refractivity (Wildman–Crippen MR) is 111 cm³/mol. The molecule has 1 aromatic carbocycles. The standard InChI is InChI=1S/C22H25N3O2S/c1-22(2,3)18-8-6-15(7-9-18)21(26)25-11-4-5-16(13-25)19-23-24-20(27-19)17-10-12-28-14-17/h6-10,12,14,16H,4-5,11,13H2,1-3H3. The molecule has 1 fully saturated rings. The zero-order chi connectivity index (χ0) is 19.7. The Balaban J connectivity index is 1.47. The number of aromatic nitrogens is 2. The molecule has 1 saturated heterocycles. The third-order valence-corrected chi connectivity index (χ3v) is 5.95. The Hall–Kier alpha value is -2.47. The number of carbonyl (C=O) groups excluding carboxylic acids is 1. The van der Waals surface area contributed by atoms with Crippen molar-refractivity contribution in [1.29, 1.82) is 0 Å². The summed E-state index contributed by atoms with van der Waals surface area (Å²) in [6.45, 7) is 7.91. The number of hydrogen-bond acceptors (Lipinski definition) is 5. The SMILES string of the molecule is CC(C)(C)c1ccc(C(=O)N2CCCC(c3nnc(-c4ccsc4)o3)C2)cc1. The van der Waals surface area contributed by atoms with Crippen LogP contribution in [0, 0.1) is 0 Å². The van der Waals surface area contributed by atoms with Gasteiger partial charge in [-0.3, -0.25) is 4.79 Å². The van der Waals surface area contributed by atoms with Gasteiger partial charge in [-0.05, 0) is 47.4 Å². The van der Waals surface area contributed by atoms with E-state index in [2.05, 4.69) is 43.1 Å². The van der Waals surface area contributed by atoms with Gasteiger partial charge in [0.2, 0.25) is 11.8 Å². The van der Waals surface area contributed by atoms with Crippen molar-refractivity contribution < 1.29 is 9.21 Å². The first-order valence-electron chi connectivity index (χ1n) is 9.67. The van der Waals surface area contributed by atoms with Crippen LogP contribution in [0.2, 0.25) is 0 Å². The highest BCUT2D eigenvalue weighted by Crippen LogP contribution is 2.30. The van der Waals surface area contributed by atoms with Gasteiger partial charge in [0.25, 0.3) is 5.91 Å². The van der Waals surface area contributed by atoms with Crippen LogP contribution in [-0.4, -0.2) is 34.1 Å². The molecular weight excluding hydrogens is 370 g/mol. The van der Waals surface area contributed by atoms with Crippen molar-refractivity contribution in [3.05, 3.63) is 58.1 Å². The second-order valence-electron chi connectivity index (χ2n) is 8.38. The minimum absolute atomic E-state index is 0.0720. The quantitative estimate of drug-likeness (QED) is 0.618. The van der Waals surface area contributed by atoms with Crippen LogP contribution in [0.3, 0.4) is 0 Å². The summed E-state index contributed by atoms with van der Waals surface area (Å²) in [5.41, 5.74) is 2.99. The van der Waals surface area contributed by atoms with E-state index >= 15 is 0 Å². The molecule has 1 aliphatic rings. The molecule has 3 heterocycles. The molecule has 5 nitrogen and oxygen atoms in total. The van der Waals surface area contributed by atoms with Gasteiger partial charge in [-0.1, -0.05) is 32.9 Å². The average molecular weight is 396 g/mol. The number of piperidine rings is 1. The van der Waals surface area contributed by atoms with Crippen molar-refractivity contribution in [1.82, 2.24) is 15.1 Å². The molecule has 4 rings (SSSR count). The number of hydrogen-bond donors (Lipinski definition) is 0. The van der Waals surface area contributed by atoms with Gasteiger partial charge in [-0.2, -0.15) is 11.3 Å². The minimum Gasteiger partial charge on any atom is -0.420 e. The zero-order valence-electron chi connectivity index (χ0n) is 16.5. The van der Waals surface area contributed by atoms with Crippen LogP contribution in [0.1, 0.15) is 61.3 Å². The van der Waals surface area contributed by atoms with Crippen molar-refractivity contribution in [2.45, 2.75) is 44.9 Å². The fourth-order valence-corrected chi connectivity index (χ4v) is 4.19. The molecule has 0 N–H and O–H groups in total. The first-order valence-corrected chi connectivity index (χ1v) is 10.6. The number of benzene rings is 1. The molecule has 6 heteroatoms. The lowest BCUT2D eigenvalue weighted by atomic mass is 9.86. The zero-order valence-corrected chi connectivity index (χ0v) is 17.3. The van der Waals surface area contributed by atoms with E-state index < -0.39 is 0 Å². The lowest BCUT2D eigenvalue weighted by molar-refractivity contribution is 0.0698. The summed E-state index contributed by atoms with van der Waals surface area (Å²) in [6, 6.07) is 9.96. The van der Waals surface area contributed by atoms with Crippen molar-refractivity contribution in [3.63, 3.8) is 0 Å². The summed E-state index contributed by atoms with van der Waals surface area (Å²) in [5, 5.41) is 12.4. The largest absolute Gasteiger partial charge is 0.420 e. The Bertz CT molecular complexity index is 939. The third kappa shape index (κ3) is 3.87. The van der Waals surface area contributed by atoms with Crippen molar-refractivity contribution >= 4 is 17.2 Å². The first-order chi connectivity index (χ1) is 13.4. The number of amides is 1. The number of likely N-dealkylation sites (tertiary alicyclic amines) is 1. The third-order valence-electron chi connectivity index (χ3n) is 5.26. The Kier molecular flexibility index (Phi) is 5.06. The van der Waals surface area contributed by atoms with E-state index in [-0.39, 0.29) is 17.2 Å². The Labute approximate surface area is 169 Å². The maximum atomic E-state index is 13.0. The van der Waals surface area contributed by atoms with Crippen LogP contribution in [-0.2, 0) is 5.41 Å². The molecule has 0 radical (unpaired) electrons. The van der Waals surface area contributed by atoms with Crippen molar-refractivity contribution in [3.8, 4) is 11.5 Å². The number of nitrogens with zero attached hydrogens (tertiary/aromatic N) is 3. The molecule has 146 valence electrons. The predicted octanol–water partition coefficient (Wildman–Crippen LogP) is 5.12. The Morgan fingerprint density at radius 3 is 2.64 bits per heavy atom. The van der Waals surface area contributed by atoms with Gasteiger partial charge in [0.15, 0.2) is 0 Å². The molecule has 1 atom stereocenters. The van der Waals surface area contributed by atoms with Crippen LogP contribution in [0.5, 0.6) is 0 Å². The van der Waals surface area contributed by atoms with E-state index in [1.54, 1.807) is 11.3 Å². The summed E-state index contributed by atoms with van der Waals surface area (Å²) in [6.07, 6.45) is 1.89. The lowest BCUT2D eigenvalue weighted by Crippen LogP contribution is -2.39. The maximum Gasteiger partial charge on any atom is 0.253 e. The number of thiophene rings is 1. The molecule has 0 spiro atoms. The summed E-state index contributed by atoms with van der Waals surface area (Å²) >= 11 is 1.60. The topological polar surface area (TPSA) is 59.2 Å². The minimum atomic E-state index is 0.0720. The molecule has 0 aliphatic carbocycles. The number of carbonyl (C=O) groups is 1. The highest BCUT2D eigenvalue weighted by atomic mass is 32.1. The number of rotatable bonds is 3. The highest BCUT2D eigenvalue weighted by molar-refractivity contribution is 7.08.